The standard InChI is InChI=1S/C19H24N2/c1-4-11-19(12-5-1)15-21(14-13-20-19)18-10-6-8-16-7-2-3-9-17(16)18/h2-3,6-10,20H,1,4-5,11-15H2. The van der Waals surface area contributed by atoms with E-state index < -0.39 is 0 Å². The van der Waals surface area contributed by atoms with E-state index >= 15 is 0 Å². The van der Waals surface area contributed by atoms with E-state index in [4.69, 9.17) is 0 Å². The Bertz CT molecular complexity index is 617. The lowest BCUT2D eigenvalue weighted by Crippen LogP contribution is -2.61. The minimum Gasteiger partial charge on any atom is -0.368 e. The monoisotopic (exact) mass is 280 g/mol. The summed E-state index contributed by atoms with van der Waals surface area (Å²) in [6, 6.07) is 15.5. The minimum atomic E-state index is 0.368. The van der Waals surface area contributed by atoms with Gasteiger partial charge in [-0.25, -0.2) is 0 Å². The highest BCUT2D eigenvalue weighted by molar-refractivity contribution is 5.94. The Hall–Kier alpha value is -1.54. The van der Waals surface area contributed by atoms with Crippen LogP contribution in [0.2, 0.25) is 0 Å². The fraction of sp³-hybridized carbons (Fsp3) is 0.474. The lowest BCUT2D eigenvalue weighted by Gasteiger charge is -2.47. The third-order valence-electron chi connectivity index (χ3n) is 5.29. The van der Waals surface area contributed by atoms with E-state index in [-0.39, 0.29) is 0 Å². The molecule has 2 aromatic rings. The third-order valence-corrected chi connectivity index (χ3v) is 5.29. The second kappa shape index (κ2) is 5.34. The van der Waals surface area contributed by atoms with Gasteiger partial charge in [-0.2, -0.15) is 0 Å². The number of rotatable bonds is 1. The molecular weight excluding hydrogens is 256 g/mol. The van der Waals surface area contributed by atoms with Gasteiger partial charge in [-0.05, 0) is 24.3 Å². The molecule has 1 aliphatic heterocycles. The van der Waals surface area contributed by atoms with E-state index in [0.717, 1.165) is 13.1 Å². The Labute approximate surface area is 127 Å². The molecule has 0 bridgehead atoms. The highest BCUT2D eigenvalue weighted by Gasteiger charge is 2.36. The molecule has 0 aromatic heterocycles. The molecule has 110 valence electrons. The molecule has 0 atom stereocenters. The molecule has 1 heterocycles. The number of benzene rings is 2. The van der Waals surface area contributed by atoms with Crippen LogP contribution < -0.4 is 10.2 Å². The van der Waals surface area contributed by atoms with Crippen LogP contribution in [-0.2, 0) is 0 Å². The number of hydrogen-bond donors (Lipinski definition) is 1. The zero-order chi connectivity index (χ0) is 14.1. The average Bonchev–Trinajstić information content (AvgIpc) is 2.55. The van der Waals surface area contributed by atoms with Crippen molar-refractivity contribution in [3.8, 4) is 0 Å². The number of piperazine rings is 1. The maximum atomic E-state index is 3.84. The summed E-state index contributed by atoms with van der Waals surface area (Å²) in [5, 5.41) is 6.59. The molecule has 2 nitrogen and oxygen atoms in total. The fourth-order valence-corrected chi connectivity index (χ4v) is 4.21. The Morgan fingerprint density at radius 3 is 2.62 bits per heavy atom. The summed E-state index contributed by atoms with van der Waals surface area (Å²) in [6.07, 6.45) is 6.87. The van der Waals surface area contributed by atoms with E-state index in [1.807, 2.05) is 0 Å². The average molecular weight is 280 g/mol. The largest absolute Gasteiger partial charge is 0.368 e. The first kappa shape index (κ1) is 13.1. The quantitative estimate of drug-likeness (QED) is 0.851. The predicted molar refractivity (Wildman–Crippen MR) is 90.0 cm³/mol. The zero-order valence-corrected chi connectivity index (χ0v) is 12.6. The van der Waals surface area contributed by atoms with E-state index in [1.54, 1.807) is 0 Å². The maximum Gasteiger partial charge on any atom is 0.0446 e. The van der Waals surface area contributed by atoms with Crippen molar-refractivity contribution >= 4 is 16.5 Å². The molecule has 1 saturated carbocycles. The summed E-state index contributed by atoms with van der Waals surface area (Å²) in [7, 11) is 0. The molecule has 21 heavy (non-hydrogen) atoms. The van der Waals surface area contributed by atoms with Crippen LogP contribution in [0.4, 0.5) is 5.69 Å². The van der Waals surface area contributed by atoms with Gasteiger partial charge in [0, 0.05) is 36.2 Å². The van der Waals surface area contributed by atoms with Gasteiger partial charge in [-0.3, -0.25) is 0 Å². The van der Waals surface area contributed by atoms with Gasteiger partial charge < -0.3 is 10.2 Å². The van der Waals surface area contributed by atoms with Crippen molar-refractivity contribution in [2.45, 2.75) is 37.6 Å². The van der Waals surface area contributed by atoms with Crippen molar-refractivity contribution in [3.05, 3.63) is 42.5 Å². The molecule has 4 rings (SSSR count). The van der Waals surface area contributed by atoms with Crippen molar-refractivity contribution < 1.29 is 0 Å². The molecule has 1 saturated heterocycles. The summed E-state index contributed by atoms with van der Waals surface area (Å²) >= 11 is 0. The zero-order valence-electron chi connectivity index (χ0n) is 12.6. The van der Waals surface area contributed by atoms with Crippen LogP contribution in [0.3, 0.4) is 0 Å². The second-order valence-electron chi connectivity index (χ2n) is 6.69. The van der Waals surface area contributed by atoms with E-state index in [2.05, 4.69) is 52.7 Å². The summed E-state index contributed by atoms with van der Waals surface area (Å²) in [5.41, 5.74) is 1.78. The van der Waals surface area contributed by atoms with Crippen molar-refractivity contribution in [1.29, 1.82) is 0 Å². The fourth-order valence-electron chi connectivity index (χ4n) is 4.21. The van der Waals surface area contributed by atoms with Gasteiger partial charge >= 0.3 is 0 Å². The first-order valence-electron chi connectivity index (χ1n) is 8.34. The summed E-state index contributed by atoms with van der Waals surface area (Å²) in [4.78, 5) is 2.62. The highest BCUT2D eigenvalue weighted by atomic mass is 15.2. The molecule has 2 aromatic carbocycles. The number of nitrogens with one attached hydrogen (secondary N) is 1. The predicted octanol–water partition coefficient (Wildman–Crippen LogP) is 3.95. The van der Waals surface area contributed by atoms with Gasteiger partial charge in [-0.1, -0.05) is 55.7 Å². The lowest BCUT2D eigenvalue weighted by molar-refractivity contribution is 0.216. The molecule has 1 spiro atoms. The van der Waals surface area contributed by atoms with Crippen molar-refractivity contribution in [2.24, 2.45) is 0 Å². The third kappa shape index (κ3) is 2.42. The second-order valence-corrected chi connectivity index (χ2v) is 6.69. The first-order chi connectivity index (χ1) is 10.4. The molecule has 2 heteroatoms. The molecule has 1 aliphatic carbocycles. The Balaban J connectivity index is 1.68. The molecule has 0 radical (unpaired) electrons. The number of hydrogen-bond acceptors (Lipinski definition) is 2. The topological polar surface area (TPSA) is 15.3 Å². The van der Waals surface area contributed by atoms with Gasteiger partial charge in [-0.15, -0.1) is 0 Å². The minimum absolute atomic E-state index is 0.368. The number of fused-ring (bicyclic) bond motifs is 1. The summed E-state index contributed by atoms with van der Waals surface area (Å²) in [5.74, 6) is 0. The lowest BCUT2D eigenvalue weighted by atomic mass is 9.80. The van der Waals surface area contributed by atoms with Gasteiger partial charge in [0.1, 0.15) is 0 Å². The van der Waals surface area contributed by atoms with Gasteiger partial charge in [0.25, 0.3) is 0 Å². The molecule has 2 aliphatic rings. The molecular formula is C19H24N2. The number of nitrogens with zero attached hydrogens (tertiary/aromatic N) is 1. The van der Waals surface area contributed by atoms with Crippen molar-refractivity contribution in [2.75, 3.05) is 24.5 Å². The normalized spacial score (nSPS) is 21.8. The Morgan fingerprint density at radius 2 is 1.71 bits per heavy atom. The van der Waals surface area contributed by atoms with Crippen LogP contribution >= 0.6 is 0 Å². The molecule has 0 unspecified atom stereocenters. The summed E-state index contributed by atoms with van der Waals surface area (Å²) < 4.78 is 0. The van der Waals surface area contributed by atoms with Crippen LogP contribution in [0, 0.1) is 0 Å². The van der Waals surface area contributed by atoms with Crippen LogP contribution in [0.5, 0.6) is 0 Å². The highest BCUT2D eigenvalue weighted by Crippen LogP contribution is 2.34. The van der Waals surface area contributed by atoms with E-state index in [9.17, 15) is 0 Å². The van der Waals surface area contributed by atoms with Gasteiger partial charge in [0.05, 0.1) is 0 Å². The molecule has 0 amide bonds. The maximum absolute atomic E-state index is 3.84. The van der Waals surface area contributed by atoms with Crippen LogP contribution in [-0.4, -0.2) is 25.2 Å². The number of anilines is 1. The first-order valence-corrected chi connectivity index (χ1v) is 8.34. The Kier molecular flexibility index (Phi) is 3.34. The van der Waals surface area contributed by atoms with Gasteiger partial charge in [0.15, 0.2) is 0 Å². The molecule has 2 fully saturated rings. The van der Waals surface area contributed by atoms with Crippen molar-refractivity contribution in [1.82, 2.24) is 5.32 Å². The Morgan fingerprint density at radius 1 is 0.905 bits per heavy atom. The van der Waals surface area contributed by atoms with Crippen LogP contribution in [0.15, 0.2) is 42.5 Å². The van der Waals surface area contributed by atoms with E-state index in [1.165, 1.54) is 55.1 Å². The van der Waals surface area contributed by atoms with Crippen LogP contribution in [0.1, 0.15) is 32.1 Å². The van der Waals surface area contributed by atoms with Crippen molar-refractivity contribution in [3.63, 3.8) is 0 Å². The van der Waals surface area contributed by atoms with Gasteiger partial charge in [0.2, 0.25) is 0 Å². The van der Waals surface area contributed by atoms with E-state index in [0.29, 0.717) is 5.54 Å². The molecule has 1 N–H and O–H groups in total. The SMILES string of the molecule is c1ccc2c(N3CCNC4(CCCCC4)C3)cccc2c1. The smallest absolute Gasteiger partial charge is 0.0446 e. The van der Waals surface area contributed by atoms with Crippen LogP contribution in [0.25, 0.3) is 10.8 Å². The summed E-state index contributed by atoms with van der Waals surface area (Å²) in [6.45, 7) is 3.40.